The number of aromatic nitrogens is 3. The van der Waals surface area contributed by atoms with Gasteiger partial charge >= 0.3 is 5.97 Å². The van der Waals surface area contributed by atoms with Gasteiger partial charge in [-0.15, -0.1) is 0 Å². The molecule has 0 amide bonds. The summed E-state index contributed by atoms with van der Waals surface area (Å²) in [5.41, 5.74) is 1.56. The number of carboxylic acid groups (broad SMARTS) is 1. The van der Waals surface area contributed by atoms with Crippen molar-refractivity contribution in [1.82, 2.24) is 14.8 Å². The lowest BCUT2D eigenvalue weighted by atomic mass is 10.1. The van der Waals surface area contributed by atoms with E-state index in [4.69, 9.17) is 14.6 Å². The van der Waals surface area contributed by atoms with Gasteiger partial charge in [-0.2, -0.15) is 0 Å². The number of aromatic amines is 1. The van der Waals surface area contributed by atoms with Gasteiger partial charge in [-0.05, 0) is 24.3 Å². The topological polar surface area (TPSA) is 106 Å². The molecule has 0 unspecified atom stereocenters. The van der Waals surface area contributed by atoms with Gasteiger partial charge in [0.25, 0.3) is 5.56 Å². The van der Waals surface area contributed by atoms with Crippen molar-refractivity contribution in [3.05, 3.63) is 58.5 Å². The van der Waals surface area contributed by atoms with Gasteiger partial charge in [0.05, 0.1) is 47.3 Å². The number of carboxylic acids is 1. The summed E-state index contributed by atoms with van der Waals surface area (Å²) in [7, 11) is 3.09. The maximum atomic E-state index is 12.8. The maximum Gasteiger partial charge on any atom is 0.335 e. The van der Waals surface area contributed by atoms with Crippen LogP contribution in [0.5, 0.6) is 11.5 Å². The van der Waals surface area contributed by atoms with Crippen molar-refractivity contribution in [3.63, 3.8) is 0 Å². The van der Waals surface area contributed by atoms with Crippen LogP contribution in [0.4, 0.5) is 0 Å². The van der Waals surface area contributed by atoms with Gasteiger partial charge in [0.2, 0.25) is 0 Å². The third-order valence-electron chi connectivity index (χ3n) is 4.39. The number of hydrogen-bond donors (Lipinski definition) is 2. The average Bonchev–Trinajstić information content (AvgIpc) is 3.03. The van der Waals surface area contributed by atoms with Crippen LogP contribution in [0.3, 0.4) is 0 Å². The highest BCUT2D eigenvalue weighted by molar-refractivity contribution is 6.06. The second-order valence-electron chi connectivity index (χ2n) is 5.88. The number of carbonyl (C=O) groups is 1. The number of aromatic carboxylic acids is 1. The molecule has 0 bridgehead atoms. The number of hydrogen-bond acceptors (Lipinski definition) is 5. The number of rotatable bonds is 4. The summed E-state index contributed by atoms with van der Waals surface area (Å²) in [6.07, 6.45) is 1.50. The highest BCUT2D eigenvalue weighted by Gasteiger charge is 2.16. The fourth-order valence-electron chi connectivity index (χ4n) is 3.04. The molecule has 0 aliphatic rings. The Balaban J connectivity index is 1.99. The standard InChI is InChI=1S/C19H15N3O5/c1-26-12-7-14-16(15(8-12)27-2)17-13(9-20-14)18(23)22(21-17)11-5-3-10(4-6-11)19(24)25/h3-9,21H,1-2H3,(H,24,25). The minimum atomic E-state index is -1.03. The third-order valence-corrected chi connectivity index (χ3v) is 4.39. The predicted octanol–water partition coefficient (Wildman–Crippen LogP) is 2.58. The first-order valence-electron chi connectivity index (χ1n) is 8.02. The Hall–Kier alpha value is -3.81. The Bertz CT molecular complexity index is 1240. The summed E-state index contributed by atoms with van der Waals surface area (Å²) in [6, 6.07) is 9.50. The van der Waals surface area contributed by atoms with Crippen molar-refractivity contribution in [2.45, 2.75) is 0 Å². The van der Waals surface area contributed by atoms with Crippen LogP contribution in [0, 0.1) is 0 Å². The number of methoxy groups -OCH3 is 2. The van der Waals surface area contributed by atoms with E-state index >= 15 is 0 Å². The van der Waals surface area contributed by atoms with Gasteiger partial charge in [0.15, 0.2) is 0 Å². The number of nitrogens with zero attached hydrogens (tertiary/aromatic N) is 2. The molecule has 2 N–H and O–H groups in total. The summed E-state index contributed by atoms with van der Waals surface area (Å²) in [4.78, 5) is 28.2. The quantitative estimate of drug-likeness (QED) is 0.576. The van der Waals surface area contributed by atoms with Crippen LogP contribution in [0.25, 0.3) is 27.5 Å². The zero-order valence-electron chi connectivity index (χ0n) is 14.5. The van der Waals surface area contributed by atoms with E-state index < -0.39 is 5.97 Å². The van der Waals surface area contributed by atoms with Crippen LogP contribution in [-0.2, 0) is 0 Å². The molecule has 0 saturated carbocycles. The minimum absolute atomic E-state index is 0.142. The van der Waals surface area contributed by atoms with Gasteiger partial charge in [-0.25, -0.2) is 9.48 Å². The Kier molecular flexibility index (Phi) is 3.80. The van der Waals surface area contributed by atoms with E-state index in [1.54, 1.807) is 31.4 Å². The Morgan fingerprint density at radius 3 is 2.52 bits per heavy atom. The maximum absolute atomic E-state index is 12.8. The number of ether oxygens (including phenoxy) is 2. The molecule has 0 saturated heterocycles. The molecule has 0 fully saturated rings. The van der Waals surface area contributed by atoms with E-state index in [2.05, 4.69) is 10.1 Å². The van der Waals surface area contributed by atoms with E-state index in [0.29, 0.717) is 39.0 Å². The zero-order chi connectivity index (χ0) is 19.1. The summed E-state index contributed by atoms with van der Waals surface area (Å²) < 4.78 is 12.1. The van der Waals surface area contributed by atoms with E-state index in [0.717, 1.165) is 0 Å². The molecule has 0 atom stereocenters. The molecule has 2 aromatic carbocycles. The molecule has 2 aromatic heterocycles. The highest BCUT2D eigenvalue weighted by Crippen LogP contribution is 2.33. The van der Waals surface area contributed by atoms with Crippen LogP contribution in [0.2, 0.25) is 0 Å². The minimum Gasteiger partial charge on any atom is -0.497 e. The van der Waals surface area contributed by atoms with Crippen molar-refractivity contribution in [2.75, 3.05) is 14.2 Å². The van der Waals surface area contributed by atoms with Gasteiger partial charge in [-0.1, -0.05) is 0 Å². The smallest absolute Gasteiger partial charge is 0.335 e. The normalized spacial score (nSPS) is 11.0. The molecule has 8 heteroatoms. The Labute approximate surface area is 152 Å². The summed E-state index contributed by atoms with van der Waals surface area (Å²) in [5, 5.41) is 13.2. The van der Waals surface area contributed by atoms with Crippen LogP contribution in [0.15, 0.2) is 47.4 Å². The van der Waals surface area contributed by atoms with Gasteiger partial charge in [0.1, 0.15) is 11.5 Å². The lowest BCUT2D eigenvalue weighted by Crippen LogP contribution is -2.14. The van der Waals surface area contributed by atoms with Gasteiger partial charge in [-0.3, -0.25) is 14.9 Å². The van der Waals surface area contributed by atoms with Crippen molar-refractivity contribution in [1.29, 1.82) is 0 Å². The number of benzene rings is 2. The summed E-state index contributed by atoms with van der Waals surface area (Å²) >= 11 is 0. The molecule has 27 heavy (non-hydrogen) atoms. The van der Waals surface area contributed by atoms with Gasteiger partial charge in [0, 0.05) is 18.3 Å². The average molecular weight is 365 g/mol. The largest absolute Gasteiger partial charge is 0.497 e. The van der Waals surface area contributed by atoms with Crippen molar-refractivity contribution in [2.24, 2.45) is 0 Å². The SMILES string of the molecule is COc1cc(OC)c2c(c1)ncc1c(=O)n(-c3ccc(C(=O)O)cc3)[nH]c12. The molecule has 0 aliphatic carbocycles. The Morgan fingerprint density at radius 1 is 1.15 bits per heavy atom. The van der Waals surface area contributed by atoms with Gasteiger partial charge < -0.3 is 14.6 Å². The van der Waals surface area contributed by atoms with E-state index in [1.807, 2.05) is 0 Å². The van der Waals surface area contributed by atoms with E-state index in [1.165, 1.54) is 30.1 Å². The molecular weight excluding hydrogens is 350 g/mol. The second kappa shape index (κ2) is 6.17. The molecular formula is C19H15N3O5. The van der Waals surface area contributed by atoms with E-state index in [-0.39, 0.29) is 11.1 Å². The van der Waals surface area contributed by atoms with Crippen LogP contribution in [0.1, 0.15) is 10.4 Å². The number of nitrogens with one attached hydrogen (secondary N) is 1. The summed E-state index contributed by atoms with van der Waals surface area (Å²) in [6.45, 7) is 0. The first kappa shape index (κ1) is 16.6. The van der Waals surface area contributed by atoms with Crippen LogP contribution in [-0.4, -0.2) is 40.1 Å². The van der Waals surface area contributed by atoms with Crippen molar-refractivity contribution >= 4 is 27.8 Å². The number of pyridine rings is 1. The molecule has 4 aromatic rings. The molecule has 8 nitrogen and oxygen atoms in total. The fourth-order valence-corrected chi connectivity index (χ4v) is 3.04. The van der Waals surface area contributed by atoms with Crippen molar-refractivity contribution < 1.29 is 19.4 Å². The predicted molar refractivity (Wildman–Crippen MR) is 99.3 cm³/mol. The lowest BCUT2D eigenvalue weighted by Gasteiger charge is -2.08. The Morgan fingerprint density at radius 2 is 1.89 bits per heavy atom. The van der Waals surface area contributed by atoms with Crippen LogP contribution < -0.4 is 15.0 Å². The van der Waals surface area contributed by atoms with Crippen LogP contribution >= 0.6 is 0 Å². The number of fused-ring (bicyclic) bond motifs is 3. The first-order chi connectivity index (χ1) is 13.0. The molecule has 0 aliphatic heterocycles. The lowest BCUT2D eigenvalue weighted by molar-refractivity contribution is 0.0697. The molecule has 4 rings (SSSR count). The molecule has 136 valence electrons. The first-order valence-corrected chi connectivity index (χ1v) is 8.02. The summed E-state index contributed by atoms with van der Waals surface area (Å²) in [5.74, 6) is 0.0914. The van der Waals surface area contributed by atoms with E-state index in [9.17, 15) is 9.59 Å². The third kappa shape index (κ3) is 2.58. The molecule has 0 radical (unpaired) electrons. The highest BCUT2D eigenvalue weighted by atomic mass is 16.5. The second-order valence-corrected chi connectivity index (χ2v) is 5.88. The molecule has 2 heterocycles. The fraction of sp³-hybridized carbons (Fsp3) is 0.105. The zero-order valence-corrected chi connectivity index (χ0v) is 14.5. The monoisotopic (exact) mass is 365 g/mol. The van der Waals surface area contributed by atoms with Crippen molar-refractivity contribution in [3.8, 4) is 17.2 Å². The number of H-pyrrole nitrogens is 1. The molecule has 0 spiro atoms.